The van der Waals surface area contributed by atoms with Crippen molar-refractivity contribution in [2.45, 2.75) is 31.9 Å². The van der Waals surface area contributed by atoms with E-state index in [4.69, 9.17) is 5.26 Å². The number of thioether (sulfide) groups is 1. The molecule has 1 saturated carbocycles. The van der Waals surface area contributed by atoms with Gasteiger partial charge in [0.25, 0.3) is 0 Å². The number of nitriles is 1. The number of rotatable bonds is 1. The van der Waals surface area contributed by atoms with E-state index in [-0.39, 0.29) is 16.8 Å². The molecule has 0 aromatic heterocycles. The summed E-state index contributed by atoms with van der Waals surface area (Å²) in [6, 6.07) is 0. The van der Waals surface area contributed by atoms with Crippen molar-refractivity contribution in [1.82, 2.24) is 0 Å². The maximum atomic E-state index is 11.7. The summed E-state index contributed by atoms with van der Waals surface area (Å²) in [5.74, 6) is -0.109. The van der Waals surface area contributed by atoms with Crippen molar-refractivity contribution in [1.29, 1.82) is 5.26 Å². The van der Waals surface area contributed by atoms with Gasteiger partial charge in [-0.25, -0.2) is 0 Å². The maximum absolute atomic E-state index is 11.7. The predicted octanol–water partition coefficient (Wildman–Crippen LogP) is 1.53. The van der Waals surface area contributed by atoms with Gasteiger partial charge in [-0.1, -0.05) is 0 Å². The fourth-order valence-electron chi connectivity index (χ4n) is 1.42. The SMILES string of the molecule is CC1(C)C(=O)CC[C@@H](SC#N)C1=O. The summed E-state index contributed by atoms with van der Waals surface area (Å²) in [5, 5.41) is 10.0. The van der Waals surface area contributed by atoms with Gasteiger partial charge in [0.05, 0.1) is 10.7 Å². The number of carbonyl (C=O) groups excluding carboxylic acids is 2. The smallest absolute Gasteiger partial charge is 0.159 e. The number of hydrogen-bond acceptors (Lipinski definition) is 4. The van der Waals surface area contributed by atoms with Gasteiger partial charge in [0.1, 0.15) is 11.2 Å². The van der Waals surface area contributed by atoms with Crippen LogP contribution in [0.15, 0.2) is 0 Å². The third-order valence-electron chi connectivity index (χ3n) is 2.43. The second-order valence-corrected chi connectivity index (χ2v) is 4.64. The lowest BCUT2D eigenvalue weighted by molar-refractivity contribution is -0.141. The number of thiocyanates is 1. The molecule has 0 aromatic carbocycles. The summed E-state index contributed by atoms with van der Waals surface area (Å²) >= 11 is 0.968. The number of hydrogen-bond donors (Lipinski definition) is 0. The van der Waals surface area contributed by atoms with Crippen LogP contribution in [0.3, 0.4) is 0 Å². The standard InChI is InChI=1S/C9H11NO2S/c1-9(2)7(11)4-3-6(8(9)12)13-5-10/h6H,3-4H2,1-2H3/t6-/m1/s1. The highest BCUT2D eigenvalue weighted by Gasteiger charge is 2.43. The van der Waals surface area contributed by atoms with Gasteiger partial charge in [0.2, 0.25) is 0 Å². The molecule has 13 heavy (non-hydrogen) atoms. The third kappa shape index (κ3) is 1.75. The van der Waals surface area contributed by atoms with E-state index in [1.165, 1.54) is 0 Å². The average molecular weight is 197 g/mol. The van der Waals surface area contributed by atoms with Gasteiger partial charge in [-0.15, -0.1) is 0 Å². The normalized spacial score (nSPS) is 27.0. The Morgan fingerprint density at radius 1 is 1.54 bits per heavy atom. The van der Waals surface area contributed by atoms with Crippen molar-refractivity contribution >= 4 is 23.3 Å². The highest BCUT2D eigenvalue weighted by atomic mass is 32.2. The van der Waals surface area contributed by atoms with E-state index in [1.54, 1.807) is 13.8 Å². The minimum Gasteiger partial charge on any atom is -0.299 e. The lowest BCUT2D eigenvalue weighted by Gasteiger charge is -2.30. The van der Waals surface area contributed by atoms with E-state index in [9.17, 15) is 9.59 Å². The summed E-state index contributed by atoms with van der Waals surface area (Å²) in [7, 11) is 0. The Hall–Kier alpha value is -0.820. The van der Waals surface area contributed by atoms with E-state index < -0.39 is 5.41 Å². The van der Waals surface area contributed by atoms with Crippen molar-refractivity contribution in [3.8, 4) is 5.40 Å². The molecule has 0 spiro atoms. The minimum absolute atomic E-state index is 0.00714. The predicted molar refractivity (Wildman–Crippen MR) is 50.0 cm³/mol. The first-order chi connectivity index (χ1) is 6.00. The second kappa shape index (κ2) is 3.51. The second-order valence-electron chi connectivity index (χ2n) is 3.65. The Labute approximate surface area is 81.5 Å². The Bertz CT molecular complexity index is 290. The molecule has 4 heteroatoms. The molecule has 1 atom stereocenters. The fourth-order valence-corrected chi connectivity index (χ4v) is 2.19. The highest BCUT2D eigenvalue weighted by Crippen LogP contribution is 2.34. The highest BCUT2D eigenvalue weighted by molar-refractivity contribution is 8.05. The Balaban J connectivity index is 2.84. The number of nitrogens with zero attached hydrogens (tertiary/aromatic N) is 1. The maximum Gasteiger partial charge on any atom is 0.159 e. The molecule has 3 nitrogen and oxygen atoms in total. The van der Waals surface area contributed by atoms with E-state index in [0.29, 0.717) is 12.8 Å². The van der Waals surface area contributed by atoms with Crippen LogP contribution in [0.5, 0.6) is 0 Å². The first-order valence-corrected chi connectivity index (χ1v) is 5.00. The average Bonchev–Trinajstić information content (AvgIpc) is 2.08. The van der Waals surface area contributed by atoms with Crippen molar-refractivity contribution in [2.24, 2.45) is 5.41 Å². The lowest BCUT2D eigenvalue weighted by atomic mass is 9.75. The molecule has 0 aromatic rings. The van der Waals surface area contributed by atoms with Gasteiger partial charge >= 0.3 is 0 Å². The molecule has 0 aliphatic heterocycles. The van der Waals surface area contributed by atoms with Crippen molar-refractivity contribution < 1.29 is 9.59 Å². The van der Waals surface area contributed by atoms with E-state index in [1.807, 2.05) is 5.40 Å². The molecular weight excluding hydrogens is 186 g/mol. The summed E-state index contributed by atoms with van der Waals surface area (Å²) in [5.41, 5.74) is -0.882. The molecule has 0 amide bonds. The molecular formula is C9H11NO2S. The number of ketones is 2. The molecule has 1 rings (SSSR count). The Kier molecular flexibility index (Phi) is 2.77. The van der Waals surface area contributed by atoms with Crippen LogP contribution in [-0.2, 0) is 9.59 Å². The molecule has 70 valence electrons. The molecule has 0 saturated heterocycles. The minimum atomic E-state index is -0.882. The molecule has 0 N–H and O–H groups in total. The summed E-state index contributed by atoms with van der Waals surface area (Å²) in [4.78, 5) is 23.0. The van der Waals surface area contributed by atoms with Crippen LogP contribution < -0.4 is 0 Å². The number of carbonyl (C=O) groups is 2. The van der Waals surface area contributed by atoms with Gasteiger partial charge < -0.3 is 0 Å². The van der Waals surface area contributed by atoms with Gasteiger partial charge in [-0.2, -0.15) is 5.26 Å². The van der Waals surface area contributed by atoms with Crippen LogP contribution in [0.2, 0.25) is 0 Å². The van der Waals surface area contributed by atoms with Gasteiger partial charge in [-0.3, -0.25) is 9.59 Å². The topological polar surface area (TPSA) is 57.9 Å². The van der Waals surface area contributed by atoms with Crippen LogP contribution in [0.25, 0.3) is 0 Å². The summed E-state index contributed by atoms with van der Waals surface area (Å²) in [6.45, 7) is 3.28. The van der Waals surface area contributed by atoms with Gasteiger partial charge in [0.15, 0.2) is 5.78 Å². The number of Topliss-reactive ketones (excluding diaryl/α,β-unsaturated/α-hetero) is 2. The van der Waals surface area contributed by atoms with Gasteiger partial charge in [0, 0.05) is 6.42 Å². The zero-order valence-corrected chi connectivity index (χ0v) is 8.48. The van der Waals surface area contributed by atoms with Crippen LogP contribution in [0.4, 0.5) is 0 Å². The lowest BCUT2D eigenvalue weighted by Crippen LogP contribution is -2.43. The molecule has 1 aliphatic rings. The zero-order valence-electron chi connectivity index (χ0n) is 7.66. The van der Waals surface area contributed by atoms with Crippen molar-refractivity contribution in [3.05, 3.63) is 0 Å². The third-order valence-corrected chi connectivity index (χ3v) is 3.27. The fraction of sp³-hybridized carbons (Fsp3) is 0.667. The van der Waals surface area contributed by atoms with Crippen LogP contribution >= 0.6 is 11.8 Å². The first-order valence-electron chi connectivity index (χ1n) is 4.12. The molecule has 1 aliphatic carbocycles. The molecule has 0 unspecified atom stereocenters. The quantitative estimate of drug-likeness (QED) is 0.472. The first kappa shape index (κ1) is 10.3. The molecule has 0 bridgehead atoms. The van der Waals surface area contributed by atoms with E-state index >= 15 is 0 Å². The van der Waals surface area contributed by atoms with Crippen LogP contribution in [0.1, 0.15) is 26.7 Å². The summed E-state index contributed by atoms with van der Waals surface area (Å²) < 4.78 is 0. The molecule has 0 radical (unpaired) electrons. The monoisotopic (exact) mass is 197 g/mol. The Morgan fingerprint density at radius 2 is 2.15 bits per heavy atom. The van der Waals surface area contributed by atoms with Crippen LogP contribution in [-0.4, -0.2) is 16.8 Å². The van der Waals surface area contributed by atoms with E-state index in [2.05, 4.69) is 0 Å². The molecule has 1 fully saturated rings. The zero-order chi connectivity index (χ0) is 10.1. The van der Waals surface area contributed by atoms with Crippen molar-refractivity contribution in [2.75, 3.05) is 0 Å². The molecule has 0 heterocycles. The van der Waals surface area contributed by atoms with E-state index in [0.717, 1.165) is 11.8 Å². The Morgan fingerprint density at radius 3 is 2.69 bits per heavy atom. The van der Waals surface area contributed by atoms with Gasteiger partial charge in [-0.05, 0) is 32.0 Å². The van der Waals surface area contributed by atoms with Crippen LogP contribution in [0, 0.1) is 16.1 Å². The largest absolute Gasteiger partial charge is 0.299 e. The summed E-state index contributed by atoms with van der Waals surface area (Å²) in [6.07, 6.45) is 0.928. The van der Waals surface area contributed by atoms with Crippen molar-refractivity contribution in [3.63, 3.8) is 0 Å².